The lowest BCUT2D eigenvalue weighted by molar-refractivity contribution is 0.0361. The van der Waals surface area contributed by atoms with Crippen molar-refractivity contribution in [2.45, 2.75) is 12.5 Å². The predicted octanol–water partition coefficient (Wildman–Crippen LogP) is 2.69. The van der Waals surface area contributed by atoms with Gasteiger partial charge >= 0.3 is 0 Å². The van der Waals surface area contributed by atoms with Crippen LogP contribution in [0.15, 0.2) is 42.7 Å². The second-order valence-corrected chi connectivity index (χ2v) is 6.71. The lowest BCUT2D eigenvalue weighted by atomic mass is 10.2. The molecule has 1 aliphatic rings. The molecule has 0 N–H and O–H groups in total. The molecule has 1 aliphatic heterocycles. The summed E-state index contributed by atoms with van der Waals surface area (Å²) in [7, 11) is 1.86. The van der Waals surface area contributed by atoms with E-state index < -0.39 is 11.6 Å². The molecule has 29 heavy (non-hydrogen) atoms. The number of nitrogens with zero attached hydrogens (tertiary/aromatic N) is 5. The molecule has 0 bridgehead atoms. The number of morpholine rings is 1. The van der Waals surface area contributed by atoms with Crippen molar-refractivity contribution in [3.8, 4) is 5.75 Å². The van der Waals surface area contributed by atoms with Gasteiger partial charge in [-0.2, -0.15) is 5.10 Å². The number of hydrogen-bond donors (Lipinski definition) is 0. The van der Waals surface area contributed by atoms with Crippen LogP contribution in [0.1, 0.15) is 17.5 Å². The molecule has 1 fully saturated rings. The molecule has 1 atom stereocenters. The Morgan fingerprint density at radius 3 is 2.79 bits per heavy atom. The molecule has 152 valence electrons. The van der Waals surface area contributed by atoms with E-state index in [4.69, 9.17) is 9.47 Å². The summed E-state index contributed by atoms with van der Waals surface area (Å²) < 4.78 is 39.5. The predicted molar refractivity (Wildman–Crippen MR) is 102 cm³/mol. The summed E-state index contributed by atoms with van der Waals surface area (Å²) in [4.78, 5) is 10.7. The summed E-state index contributed by atoms with van der Waals surface area (Å²) in [6.45, 7) is 2.22. The second kappa shape index (κ2) is 8.52. The van der Waals surface area contributed by atoms with Gasteiger partial charge in [0.15, 0.2) is 11.6 Å². The van der Waals surface area contributed by atoms with Crippen LogP contribution >= 0.6 is 0 Å². The summed E-state index contributed by atoms with van der Waals surface area (Å²) in [5, 5.41) is 4.57. The van der Waals surface area contributed by atoms with Crippen LogP contribution < -0.4 is 9.64 Å². The molecule has 2 aromatic heterocycles. The van der Waals surface area contributed by atoms with Crippen LogP contribution in [0.2, 0.25) is 0 Å². The second-order valence-electron chi connectivity index (χ2n) is 6.71. The van der Waals surface area contributed by atoms with Crippen LogP contribution in [-0.4, -0.2) is 46.1 Å². The zero-order valence-electron chi connectivity index (χ0n) is 16.0. The minimum Gasteiger partial charge on any atom is -0.493 e. The number of hydrogen-bond acceptors (Lipinski definition) is 6. The highest BCUT2D eigenvalue weighted by molar-refractivity contribution is 5.30. The molecule has 0 spiro atoms. The maximum absolute atomic E-state index is 13.3. The molecule has 3 heterocycles. The van der Waals surface area contributed by atoms with E-state index in [2.05, 4.69) is 20.0 Å². The van der Waals surface area contributed by atoms with Gasteiger partial charge in [-0.3, -0.25) is 4.68 Å². The Labute approximate surface area is 166 Å². The Morgan fingerprint density at radius 2 is 2.00 bits per heavy atom. The first kappa shape index (κ1) is 19.3. The Morgan fingerprint density at radius 1 is 1.17 bits per heavy atom. The van der Waals surface area contributed by atoms with Gasteiger partial charge in [0.1, 0.15) is 11.9 Å². The van der Waals surface area contributed by atoms with E-state index in [0.29, 0.717) is 37.9 Å². The van der Waals surface area contributed by atoms with Crippen molar-refractivity contribution in [3.05, 3.63) is 65.7 Å². The third kappa shape index (κ3) is 4.51. The molecule has 0 saturated carbocycles. The summed E-state index contributed by atoms with van der Waals surface area (Å²) in [6, 6.07) is 7.27. The van der Waals surface area contributed by atoms with Gasteiger partial charge in [-0.1, -0.05) is 0 Å². The fourth-order valence-electron chi connectivity index (χ4n) is 3.23. The van der Waals surface area contributed by atoms with E-state index in [1.54, 1.807) is 23.1 Å². The van der Waals surface area contributed by atoms with Crippen molar-refractivity contribution in [3.63, 3.8) is 0 Å². The Hall–Kier alpha value is -3.07. The molecule has 0 aliphatic carbocycles. The third-order valence-corrected chi connectivity index (χ3v) is 4.74. The third-order valence-electron chi connectivity index (χ3n) is 4.74. The van der Waals surface area contributed by atoms with Crippen molar-refractivity contribution in [2.24, 2.45) is 7.05 Å². The van der Waals surface area contributed by atoms with E-state index in [-0.39, 0.29) is 6.10 Å². The summed E-state index contributed by atoms with van der Waals surface area (Å²) in [5.41, 5.74) is 1.79. The van der Waals surface area contributed by atoms with Crippen LogP contribution in [0.5, 0.6) is 5.75 Å². The van der Waals surface area contributed by atoms with Crippen molar-refractivity contribution in [2.75, 3.05) is 31.2 Å². The van der Waals surface area contributed by atoms with Gasteiger partial charge in [-0.15, -0.1) is 0 Å². The normalized spacial score (nSPS) is 16.8. The van der Waals surface area contributed by atoms with Gasteiger partial charge in [0.25, 0.3) is 0 Å². The van der Waals surface area contributed by atoms with Gasteiger partial charge in [0, 0.05) is 44.2 Å². The highest BCUT2D eigenvalue weighted by Gasteiger charge is 2.26. The van der Waals surface area contributed by atoms with Gasteiger partial charge < -0.3 is 14.4 Å². The molecule has 1 saturated heterocycles. The molecular weight excluding hydrogens is 380 g/mol. The SMILES string of the molecule is Cn1nc([C@@H]2CN(c3ncccn3)CCO2)cc1CCOc1ccc(F)c(F)c1. The highest BCUT2D eigenvalue weighted by atomic mass is 19.2. The van der Waals surface area contributed by atoms with Gasteiger partial charge in [0.05, 0.1) is 25.5 Å². The van der Waals surface area contributed by atoms with Crippen LogP contribution in [0, 0.1) is 11.6 Å². The Balaban J connectivity index is 1.37. The Bertz CT molecular complexity index is 967. The van der Waals surface area contributed by atoms with E-state index in [0.717, 1.165) is 30.1 Å². The minimum absolute atomic E-state index is 0.181. The van der Waals surface area contributed by atoms with Crippen LogP contribution in [-0.2, 0) is 18.2 Å². The molecule has 3 aromatic rings. The zero-order valence-corrected chi connectivity index (χ0v) is 16.0. The van der Waals surface area contributed by atoms with Gasteiger partial charge in [-0.05, 0) is 24.3 Å². The molecular formula is C20H21F2N5O2. The standard InChI is InChI=1S/C20H21F2N5O2/c1-26-14(5-9-28-15-3-4-16(21)17(22)12-15)11-18(25-26)19-13-27(8-10-29-19)20-23-6-2-7-24-20/h2-4,6-7,11-12,19H,5,8-10,13H2,1H3/t19-/m0/s1. The maximum Gasteiger partial charge on any atom is 0.225 e. The van der Waals surface area contributed by atoms with Crippen molar-refractivity contribution in [1.82, 2.24) is 19.7 Å². The number of ether oxygens (including phenoxy) is 2. The molecule has 9 heteroatoms. The topological polar surface area (TPSA) is 65.3 Å². The smallest absolute Gasteiger partial charge is 0.225 e. The summed E-state index contributed by atoms with van der Waals surface area (Å²) in [5.74, 6) is -0.847. The fraction of sp³-hybridized carbons (Fsp3) is 0.350. The molecule has 4 rings (SSSR count). The van der Waals surface area contributed by atoms with Crippen LogP contribution in [0.3, 0.4) is 0 Å². The molecule has 1 aromatic carbocycles. The lowest BCUT2D eigenvalue weighted by Crippen LogP contribution is -2.39. The minimum atomic E-state index is -0.924. The first-order valence-corrected chi connectivity index (χ1v) is 9.34. The number of rotatable bonds is 6. The lowest BCUT2D eigenvalue weighted by Gasteiger charge is -2.32. The number of halogens is 2. The van der Waals surface area contributed by atoms with Gasteiger partial charge in [0.2, 0.25) is 5.95 Å². The highest BCUT2D eigenvalue weighted by Crippen LogP contribution is 2.24. The van der Waals surface area contributed by atoms with Crippen molar-refractivity contribution >= 4 is 5.95 Å². The molecule has 0 unspecified atom stereocenters. The number of aryl methyl sites for hydroxylation is 1. The molecule has 7 nitrogen and oxygen atoms in total. The van der Waals surface area contributed by atoms with Crippen molar-refractivity contribution in [1.29, 1.82) is 0 Å². The number of aromatic nitrogens is 4. The first-order chi connectivity index (χ1) is 14.1. The fourth-order valence-corrected chi connectivity index (χ4v) is 3.23. The first-order valence-electron chi connectivity index (χ1n) is 9.34. The van der Waals surface area contributed by atoms with E-state index in [9.17, 15) is 8.78 Å². The van der Waals surface area contributed by atoms with Crippen molar-refractivity contribution < 1.29 is 18.3 Å². The van der Waals surface area contributed by atoms with E-state index in [1.807, 2.05) is 13.1 Å². The maximum atomic E-state index is 13.3. The average molecular weight is 401 g/mol. The number of anilines is 1. The monoisotopic (exact) mass is 401 g/mol. The summed E-state index contributed by atoms with van der Waals surface area (Å²) in [6.07, 6.45) is 3.83. The quantitative estimate of drug-likeness (QED) is 0.633. The van der Waals surface area contributed by atoms with Crippen LogP contribution in [0.4, 0.5) is 14.7 Å². The van der Waals surface area contributed by atoms with Crippen LogP contribution in [0.25, 0.3) is 0 Å². The van der Waals surface area contributed by atoms with E-state index >= 15 is 0 Å². The largest absolute Gasteiger partial charge is 0.493 e. The zero-order chi connectivity index (χ0) is 20.2. The summed E-state index contributed by atoms with van der Waals surface area (Å²) >= 11 is 0. The van der Waals surface area contributed by atoms with E-state index in [1.165, 1.54) is 6.07 Å². The molecule has 0 amide bonds. The molecule has 0 radical (unpaired) electrons. The Kier molecular flexibility index (Phi) is 5.66. The number of benzene rings is 1. The average Bonchev–Trinajstić information content (AvgIpc) is 3.12. The van der Waals surface area contributed by atoms with Gasteiger partial charge in [-0.25, -0.2) is 18.7 Å².